The summed E-state index contributed by atoms with van der Waals surface area (Å²) in [4.78, 5) is 18.2. The number of hydrogen-bond acceptors (Lipinski definition) is 7. The number of para-hydroxylation sites is 1. The van der Waals surface area contributed by atoms with Crippen LogP contribution in [0.1, 0.15) is 42.3 Å². The van der Waals surface area contributed by atoms with Crippen molar-refractivity contribution in [2.45, 2.75) is 49.6 Å². The molecule has 0 bridgehead atoms. The molecule has 0 N–H and O–H groups in total. The van der Waals surface area contributed by atoms with E-state index in [4.69, 9.17) is 9.40 Å². The summed E-state index contributed by atoms with van der Waals surface area (Å²) in [5.74, 6) is 2.15. The van der Waals surface area contributed by atoms with Gasteiger partial charge in [0.2, 0.25) is 11.8 Å². The Balaban J connectivity index is 1.32. The number of aromatic nitrogens is 6. The molecule has 176 valence electrons. The first-order valence-electron chi connectivity index (χ1n) is 11.8. The van der Waals surface area contributed by atoms with Crippen molar-refractivity contribution in [3.63, 3.8) is 0 Å². The van der Waals surface area contributed by atoms with Crippen LogP contribution in [0.5, 0.6) is 0 Å². The molecule has 3 aliphatic heterocycles. The molecule has 6 rings (SSSR count). The molecule has 0 saturated carbocycles. The van der Waals surface area contributed by atoms with E-state index in [1.807, 2.05) is 60.7 Å². The van der Waals surface area contributed by atoms with Crippen molar-refractivity contribution in [1.29, 1.82) is 0 Å². The van der Waals surface area contributed by atoms with Gasteiger partial charge in [-0.1, -0.05) is 66.7 Å². The Morgan fingerprint density at radius 1 is 0.914 bits per heavy atom. The van der Waals surface area contributed by atoms with E-state index in [1.54, 1.807) is 11.8 Å². The van der Waals surface area contributed by atoms with E-state index in [2.05, 4.69) is 19.9 Å². The van der Waals surface area contributed by atoms with Gasteiger partial charge in [-0.2, -0.15) is 4.68 Å². The molecule has 0 saturated heterocycles. The van der Waals surface area contributed by atoms with Crippen LogP contribution in [0.2, 0.25) is 0 Å². The predicted molar refractivity (Wildman–Crippen MR) is 133 cm³/mol. The molecular weight excluding hydrogens is 460 g/mol. The van der Waals surface area contributed by atoms with Crippen LogP contribution < -0.4 is 5.56 Å². The summed E-state index contributed by atoms with van der Waals surface area (Å²) in [5.41, 5.74) is 3.42. The number of nitrogens with zero attached hydrogens (tertiary/aromatic N) is 6. The first-order chi connectivity index (χ1) is 17.3. The normalized spacial score (nSPS) is 13.6. The largest absolute Gasteiger partial charge is 0.424 e. The van der Waals surface area contributed by atoms with Gasteiger partial charge in [-0.15, -0.1) is 15.3 Å². The lowest BCUT2D eigenvalue weighted by atomic mass is 10.1. The smallest absolute Gasteiger partial charge is 0.284 e. The van der Waals surface area contributed by atoms with Crippen LogP contribution in [-0.4, -0.2) is 29.5 Å². The second-order valence-corrected chi connectivity index (χ2v) is 9.54. The summed E-state index contributed by atoms with van der Waals surface area (Å²) in [6.07, 6.45) is 4.67. The highest BCUT2D eigenvalue weighted by atomic mass is 32.2. The molecule has 9 heteroatoms. The Morgan fingerprint density at radius 3 is 2.51 bits per heavy atom. The molecule has 2 aromatic carbocycles. The molecular formula is C26H24N6O2S. The second kappa shape index (κ2) is 9.50. The van der Waals surface area contributed by atoms with Crippen LogP contribution in [0.3, 0.4) is 0 Å². The molecule has 0 radical (unpaired) electrons. The molecule has 4 heterocycles. The Labute approximate surface area is 206 Å². The van der Waals surface area contributed by atoms with Crippen LogP contribution in [0, 0.1) is 0 Å². The average Bonchev–Trinajstić information content (AvgIpc) is 3.38. The molecule has 0 fully saturated rings. The highest BCUT2D eigenvalue weighted by molar-refractivity contribution is 7.98. The third-order valence-corrected chi connectivity index (χ3v) is 7.16. The average molecular weight is 485 g/mol. The van der Waals surface area contributed by atoms with Gasteiger partial charge in [0.25, 0.3) is 5.56 Å². The first-order valence-corrected chi connectivity index (χ1v) is 12.8. The standard InChI is InChI=1S/C26H24N6O2S/c33-25-23-20-14-8-3-9-15-31(20)26(27-24(23)30-32(25)19-12-6-2-7-13-19)35-17-22-29-28-21(34-22)16-18-10-4-1-5-11-18/h1-2,4-7,10-13H,3,8-9,14-17H2. The molecule has 0 atom stereocenters. The molecule has 3 aromatic rings. The van der Waals surface area contributed by atoms with Gasteiger partial charge in [0.05, 0.1) is 17.9 Å². The summed E-state index contributed by atoms with van der Waals surface area (Å²) >= 11 is 1.55. The lowest BCUT2D eigenvalue weighted by Crippen LogP contribution is -2.19. The van der Waals surface area contributed by atoms with E-state index in [0.717, 1.165) is 54.3 Å². The first kappa shape index (κ1) is 21.8. The van der Waals surface area contributed by atoms with E-state index >= 15 is 0 Å². The minimum Gasteiger partial charge on any atom is -0.424 e. The zero-order valence-electron chi connectivity index (χ0n) is 19.1. The minimum atomic E-state index is -0.108. The lowest BCUT2D eigenvalue weighted by molar-refractivity contribution is 0.473. The zero-order chi connectivity index (χ0) is 23.6. The molecule has 8 nitrogen and oxygen atoms in total. The SMILES string of the molecule is O=c1c2c3n(c(SCc4nnc(Cc5ccccc5)o4)nc-2nn1-c1ccccc1)CCCCC3. The van der Waals surface area contributed by atoms with Gasteiger partial charge in [0, 0.05) is 12.2 Å². The summed E-state index contributed by atoms with van der Waals surface area (Å²) in [6, 6.07) is 19.6. The molecule has 1 aromatic heterocycles. The van der Waals surface area contributed by atoms with Gasteiger partial charge >= 0.3 is 0 Å². The van der Waals surface area contributed by atoms with Crippen molar-refractivity contribution >= 4 is 11.8 Å². The molecule has 0 amide bonds. The Hall–Kier alpha value is -3.72. The Bertz CT molecular complexity index is 1480. The van der Waals surface area contributed by atoms with E-state index in [-0.39, 0.29) is 5.56 Å². The molecule has 3 aliphatic rings. The quantitative estimate of drug-likeness (QED) is 0.258. The van der Waals surface area contributed by atoms with Crippen LogP contribution in [-0.2, 0) is 25.1 Å². The molecule has 35 heavy (non-hydrogen) atoms. The minimum absolute atomic E-state index is 0.108. The molecule has 0 aliphatic carbocycles. The van der Waals surface area contributed by atoms with Gasteiger partial charge in [-0.25, -0.2) is 4.98 Å². The van der Waals surface area contributed by atoms with Crippen molar-refractivity contribution in [2.24, 2.45) is 0 Å². The van der Waals surface area contributed by atoms with E-state index in [1.165, 1.54) is 4.68 Å². The van der Waals surface area contributed by atoms with Crippen molar-refractivity contribution in [1.82, 2.24) is 29.5 Å². The van der Waals surface area contributed by atoms with Crippen LogP contribution in [0.25, 0.3) is 17.1 Å². The van der Waals surface area contributed by atoms with Crippen molar-refractivity contribution in [2.75, 3.05) is 0 Å². The third-order valence-electron chi connectivity index (χ3n) is 6.20. The van der Waals surface area contributed by atoms with Gasteiger partial charge in [-0.3, -0.25) is 4.79 Å². The summed E-state index contributed by atoms with van der Waals surface area (Å²) in [5, 5.41) is 13.9. The number of benzene rings is 2. The summed E-state index contributed by atoms with van der Waals surface area (Å²) in [6.45, 7) is 0.833. The summed E-state index contributed by atoms with van der Waals surface area (Å²) in [7, 11) is 0. The van der Waals surface area contributed by atoms with E-state index < -0.39 is 0 Å². The highest BCUT2D eigenvalue weighted by Crippen LogP contribution is 2.31. The van der Waals surface area contributed by atoms with E-state index in [0.29, 0.717) is 35.3 Å². The van der Waals surface area contributed by atoms with Gasteiger partial charge in [0.1, 0.15) is 5.56 Å². The van der Waals surface area contributed by atoms with Crippen molar-refractivity contribution in [3.8, 4) is 17.1 Å². The molecule has 0 unspecified atom stereocenters. The van der Waals surface area contributed by atoms with Crippen molar-refractivity contribution < 1.29 is 4.42 Å². The Kier molecular flexibility index (Phi) is 5.91. The maximum absolute atomic E-state index is 13.4. The highest BCUT2D eigenvalue weighted by Gasteiger charge is 2.27. The summed E-state index contributed by atoms with van der Waals surface area (Å²) < 4.78 is 9.55. The number of hydrogen-bond donors (Lipinski definition) is 0. The van der Waals surface area contributed by atoms with Gasteiger partial charge in [0.15, 0.2) is 11.0 Å². The van der Waals surface area contributed by atoms with E-state index in [9.17, 15) is 4.79 Å². The lowest BCUT2D eigenvalue weighted by Gasteiger charge is -2.17. The fourth-order valence-electron chi connectivity index (χ4n) is 4.52. The number of rotatable bonds is 6. The fraction of sp³-hybridized carbons (Fsp3) is 0.269. The zero-order valence-corrected chi connectivity index (χ0v) is 19.9. The third kappa shape index (κ3) is 4.39. The predicted octanol–water partition coefficient (Wildman–Crippen LogP) is 4.53. The number of thioether (sulfide) groups is 1. The van der Waals surface area contributed by atoms with Gasteiger partial charge in [-0.05, 0) is 37.0 Å². The fourth-order valence-corrected chi connectivity index (χ4v) is 5.40. The number of fused-ring (bicyclic) bond motifs is 3. The van der Waals surface area contributed by atoms with Crippen LogP contribution in [0.15, 0.2) is 75.0 Å². The van der Waals surface area contributed by atoms with Crippen molar-refractivity contribution in [3.05, 3.63) is 94.1 Å². The van der Waals surface area contributed by atoms with Crippen LogP contribution in [0.4, 0.5) is 0 Å². The molecule has 0 spiro atoms. The van der Waals surface area contributed by atoms with Crippen LogP contribution >= 0.6 is 11.8 Å². The Morgan fingerprint density at radius 2 is 1.69 bits per heavy atom. The monoisotopic (exact) mass is 484 g/mol. The maximum atomic E-state index is 13.4. The maximum Gasteiger partial charge on any atom is 0.284 e. The second-order valence-electron chi connectivity index (χ2n) is 8.60. The topological polar surface area (TPSA) is 91.6 Å². The van der Waals surface area contributed by atoms with Gasteiger partial charge < -0.3 is 8.98 Å².